The highest BCUT2D eigenvalue weighted by molar-refractivity contribution is 9.10. The van der Waals surface area contributed by atoms with Gasteiger partial charge in [-0.2, -0.15) is 0 Å². The Bertz CT molecular complexity index is 813. The molecule has 3 rings (SSSR count). The van der Waals surface area contributed by atoms with Crippen LogP contribution in [0.15, 0.2) is 46.9 Å². The van der Waals surface area contributed by atoms with Gasteiger partial charge in [0.1, 0.15) is 0 Å². The van der Waals surface area contributed by atoms with Crippen LogP contribution in [0.1, 0.15) is 51.5 Å². The monoisotopic (exact) mass is 457 g/mol. The van der Waals surface area contributed by atoms with E-state index < -0.39 is 0 Å². The van der Waals surface area contributed by atoms with E-state index in [1.165, 1.54) is 37.7 Å². The highest BCUT2D eigenvalue weighted by Gasteiger charge is 2.24. The van der Waals surface area contributed by atoms with Crippen molar-refractivity contribution >= 4 is 39.0 Å². The minimum Gasteiger partial charge on any atom is -0.367 e. The van der Waals surface area contributed by atoms with E-state index in [1.54, 1.807) is 0 Å². The zero-order valence-corrected chi connectivity index (χ0v) is 19.3. The summed E-state index contributed by atoms with van der Waals surface area (Å²) in [6.07, 6.45) is 6.34. The van der Waals surface area contributed by atoms with Gasteiger partial charge >= 0.3 is 6.03 Å². The summed E-state index contributed by atoms with van der Waals surface area (Å²) < 4.78 is 0.958. The van der Waals surface area contributed by atoms with Gasteiger partial charge in [0.2, 0.25) is 0 Å². The summed E-state index contributed by atoms with van der Waals surface area (Å²) in [5, 5.41) is 6.03. The Hall–Kier alpha value is -2.01. The number of aryl methyl sites for hydroxylation is 1. The number of carbonyl (C=O) groups is 1. The predicted molar refractivity (Wildman–Crippen MR) is 127 cm³/mol. The van der Waals surface area contributed by atoms with Gasteiger partial charge in [-0.05, 0) is 56.0 Å². The molecule has 1 saturated carbocycles. The third-order valence-corrected chi connectivity index (χ3v) is 5.90. The van der Waals surface area contributed by atoms with Crippen LogP contribution in [0.25, 0.3) is 0 Å². The standard InChI is InChI=1S/C24H32BrN3O/c1-17(2)16-28(21-7-5-4-6-8-21)23-14-11-19(25)15-22(23)27-24(29)26-20-12-9-18(3)10-13-20/h9-15,17,21H,4-8,16H2,1-3H3,(H2,26,27,29). The van der Waals surface area contributed by atoms with Crippen molar-refractivity contribution in [3.05, 3.63) is 52.5 Å². The lowest BCUT2D eigenvalue weighted by molar-refractivity contribution is 0.262. The maximum atomic E-state index is 12.7. The number of rotatable bonds is 6. The van der Waals surface area contributed by atoms with Crippen molar-refractivity contribution in [1.82, 2.24) is 0 Å². The number of benzene rings is 2. The normalized spacial score (nSPS) is 14.7. The number of nitrogens with one attached hydrogen (secondary N) is 2. The second-order valence-electron chi connectivity index (χ2n) is 8.44. The van der Waals surface area contributed by atoms with Gasteiger partial charge in [0.15, 0.2) is 0 Å². The molecule has 0 heterocycles. The van der Waals surface area contributed by atoms with Gasteiger partial charge in [0.05, 0.1) is 11.4 Å². The maximum absolute atomic E-state index is 12.7. The van der Waals surface area contributed by atoms with Crippen LogP contribution in [0.2, 0.25) is 0 Å². The van der Waals surface area contributed by atoms with Gasteiger partial charge in [-0.15, -0.1) is 0 Å². The fourth-order valence-corrected chi connectivity index (χ4v) is 4.37. The fourth-order valence-electron chi connectivity index (χ4n) is 4.01. The third kappa shape index (κ3) is 6.23. The number of amides is 2. The average molecular weight is 458 g/mol. The van der Waals surface area contributed by atoms with E-state index in [-0.39, 0.29) is 6.03 Å². The number of hydrogen-bond acceptors (Lipinski definition) is 2. The second-order valence-corrected chi connectivity index (χ2v) is 9.36. The molecule has 0 bridgehead atoms. The Morgan fingerprint density at radius 1 is 1.07 bits per heavy atom. The lowest BCUT2D eigenvalue weighted by Gasteiger charge is -2.38. The first-order chi connectivity index (χ1) is 13.9. The second kappa shape index (κ2) is 10.1. The highest BCUT2D eigenvalue weighted by atomic mass is 79.9. The Morgan fingerprint density at radius 3 is 2.41 bits per heavy atom. The third-order valence-electron chi connectivity index (χ3n) is 5.40. The number of hydrogen-bond donors (Lipinski definition) is 2. The van der Waals surface area contributed by atoms with Crippen LogP contribution in [0.5, 0.6) is 0 Å². The molecule has 0 spiro atoms. The lowest BCUT2D eigenvalue weighted by Crippen LogP contribution is -2.40. The van der Waals surface area contributed by atoms with Crippen molar-refractivity contribution in [2.45, 2.75) is 58.9 Å². The Labute approximate surface area is 183 Å². The molecule has 1 aliphatic carbocycles. The number of carbonyl (C=O) groups excluding carboxylic acids is 1. The van der Waals surface area contributed by atoms with Crippen molar-refractivity contribution < 1.29 is 4.79 Å². The summed E-state index contributed by atoms with van der Waals surface area (Å²) in [5.74, 6) is 0.551. The molecule has 1 aliphatic rings. The molecule has 0 saturated heterocycles. The molecule has 2 amide bonds. The van der Waals surface area contributed by atoms with Gasteiger partial charge < -0.3 is 15.5 Å². The van der Waals surface area contributed by atoms with Crippen LogP contribution in [0.4, 0.5) is 21.9 Å². The van der Waals surface area contributed by atoms with E-state index >= 15 is 0 Å². The van der Waals surface area contributed by atoms with Gasteiger partial charge in [-0.3, -0.25) is 0 Å². The minimum atomic E-state index is -0.221. The average Bonchev–Trinajstić information content (AvgIpc) is 2.69. The molecule has 156 valence electrons. The van der Waals surface area contributed by atoms with Crippen molar-refractivity contribution in [2.75, 3.05) is 22.1 Å². The highest BCUT2D eigenvalue weighted by Crippen LogP contribution is 2.35. The van der Waals surface area contributed by atoms with E-state index in [9.17, 15) is 4.79 Å². The molecule has 0 radical (unpaired) electrons. The molecule has 2 aromatic carbocycles. The zero-order valence-electron chi connectivity index (χ0n) is 17.7. The number of anilines is 3. The summed E-state index contributed by atoms with van der Waals surface area (Å²) in [6, 6.07) is 14.3. The quantitative estimate of drug-likeness (QED) is 0.481. The summed E-state index contributed by atoms with van der Waals surface area (Å²) >= 11 is 3.57. The van der Waals surface area contributed by atoms with Gasteiger partial charge in [-0.25, -0.2) is 4.79 Å². The molecule has 0 aliphatic heterocycles. The van der Waals surface area contributed by atoms with E-state index in [0.29, 0.717) is 12.0 Å². The number of urea groups is 1. The zero-order chi connectivity index (χ0) is 20.8. The van der Waals surface area contributed by atoms with Crippen molar-refractivity contribution in [3.8, 4) is 0 Å². The topological polar surface area (TPSA) is 44.4 Å². The van der Waals surface area contributed by atoms with Crippen LogP contribution >= 0.6 is 15.9 Å². The minimum absolute atomic E-state index is 0.221. The molecule has 0 unspecified atom stereocenters. The number of halogens is 1. The SMILES string of the molecule is Cc1ccc(NC(=O)Nc2cc(Br)ccc2N(CC(C)C)C2CCCCC2)cc1. The van der Waals surface area contributed by atoms with Crippen molar-refractivity contribution in [1.29, 1.82) is 0 Å². The van der Waals surface area contributed by atoms with Crippen LogP contribution in [-0.2, 0) is 0 Å². The van der Waals surface area contributed by atoms with Crippen molar-refractivity contribution in [3.63, 3.8) is 0 Å². The Balaban J connectivity index is 1.82. The van der Waals surface area contributed by atoms with Gasteiger partial charge in [-0.1, -0.05) is 66.7 Å². The summed E-state index contributed by atoms with van der Waals surface area (Å²) in [5.41, 5.74) is 3.90. The molecule has 0 atom stereocenters. The van der Waals surface area contributed by atoms with Gasteiger partial charge in [0, 0.05) is 22.7 Å². The molecule has 2 N–H and O–H groups in total. The maximum Gasteiger partial charge on any atom is 0.323 e. The van der Waals surface area contributed by atoms with E-state index in [1.807, 2.05) is 37.3 Å². The Morgan fingerprint density at radius 2 is 1.76 bits per heavy atom. The van der Waals surface area contributed by atoms with Gasteiger partial charge in [0.25, 0.3) is 0 Å². The van der Waals surface area contributed by atoms with E-state index in [0.717, 1.165) is 28.1 Å². The molecule has 29 heavy (non-hydrogen) atoms. The molecule has 0 aromatic heterocycles. The fraction of sp³-hybridized carbons (Fsp3) is 0.458. The first-order valence-corrected chi connectivity index (χ1v) is 11.4. The van der Waals surface area contributed by atoms with Crippen LogP contribution in [0.3, 0.4) is 0 Å². The molecule has 4 nitrogen and oxygen atoms in total. The largest absolute Gasteiger partial charge is 0.367 e. The lowest BCUT2D eigenvalue weighted by atomic mass is 9.93. The van der Waals surface area contributed by atoms with E-state index in [4.69, 9.17) is 0 Å². The van der Waals surface area contributed by atoms with Crippen LogP contribution in [0, 0.1) is 12.8 Å². The smallest absolute Gasteiger partial charge is 0.323 e. The number of nitrogens with zero attached hydrogens (tertiary/aromatic N) is 1. The summed E-state index contributed by atoms with van der Waals surface area (Å²) in [6.45, 7) is 7.53. The van der Waals surface area contributed by atoms with Crippen LogP contribution in [-0.4, -0.2) is 18.6 Å². The summed E-state index contributed by atoms with van der Waals surface area (Å²) in [7, 11) is 0. The van der Waals surface area contributed by atoms with E-state index in [2.05, 4.69) is 57.4 Å². The van der Waals surface area contributed by atoms with Crippen LogP contribution < -0.4 is 15.5 Å². The molecule has 2 aromatic rings. The molecule has 1 fully saturated rings. The summed E-state index contributed by atoms with van der Waals surface area (Å²) in [4.78, 5) is 15.2. The molecular weight excluding hydrogens is 426 g/mol. The Kier molecular flexibility index (Phi) is 7.59. The van der Waals surface area contributed by atoms with Crippen molar-refractivity contribution in [2.24, 2.45) is 5.92 Å². The first kappa shape index (κ1) is 21.7. The first-order valence-electron chi connectivity index (χ1n) is 10.6. The molecule has 5 heteroatoms. The predicted octanol–water partition coefficient (Wildman–Crippen LogP) is 7.20. The molecular formula is C24H32BrN3O.